The van der Waals surface area contributed by atoms with Crippen molar-refractivity contribution in [3.63, 3.8) is 0 Å². The molecule has 3 aromatic heterocycles. The van der Waals surface area contributed by atoms with Crippen LogP contribution < -0.4 is 4.72 Å². The van der Waals surface area contributed by atoms with Gasteiger partial charge in [0.2, 0.25) is 0 Å². The largest absolute Gasteiger partial charge is 0.308 e. The minimum absolute atomic E-state index is 0.0705. The first-order valence-electron chi connectivity index (χ1n) is 12.1. The van der Waals surface area contributed by atoms with E-state index in [-0.39, 0.29) is 11.3 Å². The number of hydrogen-bond acceptors (Lipinski definition) is 7. The first-order valence-corrected chi connectivity index (χ1v) is 13.6. The summed E-state index contributed by atoms with van der Waals surface area (Å²) < 4.78 is 30.1. The van der Waals surface area contributed by atoms with E-state index in [9.17, 15) is 13.2 Å². The molecule has 10 heteroatoms. The normalized spacial score (nSPS) is 11.6. The van der Waals surface area contributed by atoms with Gasteiger partial charge >= 0.3 is 10.0 Å². The first kappa shape index (κ1) is 25.2. The van der Waals surface area contributed by atoms with Crippen molar-refractivity contribution in [2.24, 2.45) is 0 Å². The second-order valence-electron chi connectivity index (χ2n) is 8.96. The van der Waals surface area contributed by atoms with Gasteiger partial charge in [0.1, 0.15) is 17.7 Å². The average molecular weight is 527 g/mol. The number of imidazole rings is 1. The Morgan fingerprint density at radius 1 is 1.00 bits per heavy atom. The second kappa shape index (κ2) is 10.1. The average Bonchev–Trinajstić information content (AvgIpc) is 3.27. The summed E-state index contributed by atoms with van der Waals surface area (Å²) in [5.41, 5.74) is 6.07. The number of aryl methyl sites for hydroxylation is 3. The highest BCUT2D eigenvalue weighted by molar-refractivity contribution is 8.07. The van der Waals surface area contributed by atoms with Crippen LogP contribution in [0.25, 0.3) is 22.4 Å². The van der Waals surface area contributed by atoms with Crippen LogP contribution >= 0.6 is 0 Å². The summed E-state index contributed by atoms with van der Waals surface area (Å²) in [7, 11) is -4.36. The van der Waals surface area contributed by atoms with Crippen LogP contribution in [0.5, 0.6) is 0 Å². The lowest BCUT2D eigenvalue weighted by molar-refractivity contribution is 0.107. The number of rotatable bonds is 7. The van der Waals surface area contributed by atoms with E-state index in [1.54, 1.807) is 18.2 Å². The number of carbonyl (C=O) groups excluding carboxylic acids is 1. The number of fused-ring (bicyclic) bond motifs is 1. The number of benzene rings is 2. The molecule has 0 amide bonds. The molecule has 0 aliphatic rings. The molecule has 0 spiro atoms. The molecular formula is C28H26N6O3S. The standard InChI is InChI=1S/C28H26N6O3S/c1-4-24-32-25-18(2)14-19(3)31-27(25)34(24)16-20-10-12-21(13-11-20)26-23(15-29-17-30-26)33-38(36,37)28(35)22-8-6-5-7-9-22/h5-15,17,33H,4,16H2,1-3H3. The molecule has 0 saturated heterocycles. The molecule has 2 aromatic carbocycles. The molecule has 0 saturated carbocycles. The molecule has 1 N–H and O–H groups in total. The second-order valence-corrected chi connectivity index (χ2v) is 10.5. The van der Waals surface area contributed by atoms with E-state index in [2.05, 4.69) is 26.2 Å². The highest BCUT2D eigenvalue weighted by Gasteiger charge is 2.25. The van der Waals surface area contributed by atoms with E-state index in [0.717, 1.165) is 40.2 Å². The molecule has 38 heavy (non-hydrogen) atoms. The Bertz CT molecular complexity index is 1750. The van der Waals surface area contributed by atoms with Gasteiger partial charge in [-0.15, -0.1) is 0 Å². The van der Waals surface area contributed by atoms with Gasteiger partial charge in [0, 0.05) is 23.2 Å². The van der Waals surface area contributed by atoms with Gasteiger partial charge in [-0.25, -0.2) is 19.9 Å². The van der Waals surface area contributed by atoms with Crippen LogP contribution in [0.2, 0.25) is 0 Å². The van der Waals surface area contributed by atoms with Crippen molar-refractivity contribution in [2.45, 2.75) is 33.7 Å². The van der Waals surface area contributed by atoms with E-state index in [4.69, 9.17) is 9.97 Å². The van der Waals surface area contributed by atoms with Crippen molar-refractivity contribution >= 4 is 32.0 Å². The van der Waals surface area contributed by atoms with E-state index >= 15 is 0 Å². The van der Waals surface area contributed by atoms with Crippen molar-refractivity contribution in [3.05, 3.63) is 101 Å². The molecule has 0 aliphatic heterocycles. The molecule has 0 aliphatic carbocycles. The minimum atomic E-state index is -4.36. The highest BCUT2D eigenvalue weighted by Crippen LogP contribution is 2.27. The lowest BCUT2D eigenvalue weighted by Crippen LogP contribution is -2.23. The third-order valence-corrected chi connectivity index (χ3v) is 7.41. The quantitative estimate of drug-likeness (QED) is 0.326. The van der Waals surface area contributed by atoms with Crippen LogP contribution in [-0.2, 0) is 23.0 Å². The van der Waals surface area contributed by atoms with Crippen LogP contribution in [0.3, 0.4) is 0 Å². The fourth-order valence-electron chi connectivity index (χ4n) is 4.39. The maximum absolute atomic E-state index is 12.8. The Kier molecular flexibility index (Phi) is 6.73. The van der Waals surface area contributed by atoms with Crippen molar-refractivity contribution in [3.8, 4) is 11.3 Å². The Balaban J connectivity index is 1.43. The topological polar surface area (TPSA) is 120 Å². The molecule has 0 radical (unpaired) electrons. The van der Waals surface area contributed by atoms with Gasteiger partial charge in [-0.05, 0) is 31.0 Å². The summed E-state index contributed by atoms with van der Waals surface area (Å²) in [5, 5.41) is -1.03. The Morgan fingerprint density at radius 2 is 1.74 bits per heavy atom. The number of pyridine rings is 1. The summed E-state index contributed by atoms with van der Waals surface area (Å²) in [6, 6.07) is 17.5. The maximum atomic E-state index is 12.8. The summed E-state index contributed by atoms with van der Waals surface area (Å²) >= 11 is 0. The van der Waals surface area contributed by atoms with Crippen molar-refractivity contribution in [2.75, 3.05) is 4.72 Å². The summed E-state index contributed by atoms with van der Waals surface area (Å²) in [4.78, 5) is 30.4. The molecule has 5 aromatic rings. The zero-order valence-electron chi connectivity index (χ0n) is 21.2. The smallest absolute Gasteiger partial charge is 0.300 e. The highest BCUT2D eigenvalue weighted by atomic mass is 32.2. The maximum Gasteiger partial charge on any atom is 0.300 e. The molecule has 0 atom stereocenters. The lowest BCUT2D eigenvalue weighted by Gasteiger charge is -2.12. The zero-order valence-corrected chi connectivity index (χ0v) is 22.0. The number of carbonyl (C=O) groups is 1. The van der Waals surface area contributed by atoms with Crippen LogP contribution in [-0.4, -0.2) is 38.0 Å². The van der Waals surface area contributed by atoms with Crippen LogP contribution in [0.1, 0.15) is 39.9 Å². The van der Waals surface area contributed by atoms with Gasteiger partial charge in [0.15, 0.2) is 5.65 Å². The monoisotopic (exact) mass is 526 g/mol. The zero-order chi connectivity index (χ0) is 26.9. The predicted molar refractivity (Wildman–Crippen MR) is 146 cm³/mol. The van der Waals surface area contributed by atoms with Crippen LogP contribution in [0.4, 0.5) is 5.69 Å². The number of aromatic nitrogens is 5. The molecule has 3 heterocycles. The number of anilines is 1. The SMILES string of the molecule is CCc1nc2c(C)cc(C)nc2n1Cc1ccc(-c2ncncc2NS(=O)(=O)C(=O)c2ccccc2)cc1. The van der Waals surface area contributed by atoms with Gasteiger partial charge in [0.25, 0.3) is 5.12 Å². The Hall–Kier alpha value is -4.44. The van der Waals surface area contributed by atoms with Crippen LogP contribution in [0, 0.1) is 13.8 Å². The number of hydrogen-bond donors (Lipinski definition) is 1. The fraction of sp³-hybridized carbons (Fsp3) is 0.179. The molecule has 0 fully saturated rings. The number of sulfonamides is 1. The molecule has 0 bridgehead atoms. The number of nitrogens with zero attached hydrogens (tertiary/aromatic N) is 5. The molecule has 5 rings (SSSR count). The summed E-state index contributed by atoms with van der Waals surface area (Å²) in [6.07, 6.45) is 3.45. The fourth-order valence-corrected chi connectivity index (χ4v) is 5.37. The third kappa shape index (κ3) is 4.90. The van der Waals surface area contributed by atoms with Crippen LogP contribution in [0.15, 0.2) is 73.2 Å². The predicted octanol–water partition coefficient (Wildman–Crippen LogP) is 4.70. The van der Waals surface area contributed by atoms with Gasteiger partial charge in [-0.2, -0.15) is 8.42 Å². The molecular weight excluding hydrogens is 500 g/mol. The summed E-state index contributed by atoms with van der Waals surface area (Å²) in [6.45, 7) is 6.68. The van der Waals surface area contributed by atoms with E-state index in [1.165, 1.54) is 24.7 Å². The number of nitrogens with one attached hydrogen (secondary N) is 1. The van der Waals surface area contributed by atoms with E-state index in [1.807, 2.05) is 44.2 Å². The van der Waals surface area contributed by atoms with Gasteiger partial charge in [-0.1, -0.05) is 61.5 Å². The minimum Gasteiger partial charge on any atom is -0.308 e. The lowest BCUT2D eigenvalue weighted by atomic mass is 10.1. The van der Waals surface area contributed by atoms with Gasteiger partial charge in [0.05, 0.1) is 24.1 Å². The summed E-state index contributed by atoms with van der Waals surface area (Å²) in [5.74, 6) is 0.959. The van der Waals surface area contributed by atoms with Crippen molar-refractivity contribution < 1.29 is 13.2 Å². The van der Waals surface area contributed by atoms with Gasteiger partial charge in [-0.3, -0.25) is 9.52 Å². The van der Waals surface area contributed by atoms with E-state index < -0.39 is 15.1 Å². The van der Waals surface area contributed by atoms with Crippen molar-refractivity contribution in [1.29, 1.82) is 0 Å². The third-order valence-electron chi connectivity index (χ3n) is 6.20. The Labute approximate surface area is 220 Å². The Morgan fingerprint density at radius 3 is 2.45 bits per heavy atom. The van der Waals surface area contributed by atoms with Gasteiger partial charge < -0.3 is 4.57 Å². The molecule has 192 valence electrons. The molecule has 9 nitrogen and oxygen atoms in total. The van der Waals surface area contributed by atoms with Crippen molar-refractivity contribution in [1.82, 2.24) is 24.5 Å². The first-order chi connectivity index (χ1) is 18.3. The van der Waals surface area contributed by atoms with E-state index in [0.29, 0.717) is 17.8 Å². The molecule has 0 unspecified atom stereocenters.